The van der Waals surface area contributed by atoms with Crippen LogP contribution in [0.4, 0.5) is 0 Å². The lowest BCUT2D eigenvalue weighted by Gasteiger charge is -2.06. The Bertz CT molecular complexity index is 692. The second kappa shape index (κ2) is 8.35. The van der Waals surface area contributed by atoms with Crippen molar-refractivity contribution in [3.05, 3.63) is 78.4 Å². The molecule has 2 aromatic carbocycles. The molecule has 1 unspecified atom stereocenters. The molecule has 1 aliphatic rings. The summed E-state index contributed by atoms with van der Waals surface area (Å²) in [5, 5.41) is 2.45. The molecular weight excluding hydrogens is 266 g/mol. The second-order valence-corrected chi connectivity index (χ2v) is 4.61. The minimum atomic E-state index is -0.101. The molecule has 0 aliphatic heterocycles. The first kappa shape index (κ1) is 17.9. The van der Waals surface area contributed by atoms with Crippen LogP contribution in [0.2, 0.25) is 0 Å². The number of fused-ring (bicyclic) bond motifs is 2. The fourth-order valence-corrected chi connectivity index (χ4v) is 2.59. The summed E-state index contributed by atoms with van der Waals surface area (Å²) in [6.07, 6.45) is 3.78. The van der Waals surface area contributed by atoms with E-state index in [4.69, 9.17) is 5.73 Å². The number of benzene rings is 2. The largest absolute Gasteiger partial charge is 0.320 e. The third kappa shape index (κ3) is 3.20. The van der Waals surface area contributed by atoms with Gasteiger partial charge in [0, 0.05) is 0 Å². The third-order valence-electron chi connectivity index (χ3n) is 3.55. The lowest BCUT2D eigenvalue weighted by atomic mass is 10.0. The Morgan fingerprint density at radius 2 is 1.55 bits per heavy atom. The van der Waals surface area contributed by atoms with Crippen LogP contribution in [0.1, 0.15) is 44.9 Å². The number of hydrogen-bond acceptors (Lipinski definition) is 1. The van der Waals surface area contributed by atoms with Gasteiger partial charge in [0.15, 0.2) is 0 Å². The van der Waals surface area contributed by atoms with Crippen molar-refractivity contribution in [3.8, 4) is 0 Å². The summed E-state index contributed by atoms with van der Waals surface area (Å²) in [5.74, 6) is 0. The van der Waals surface area contributed by atoms with Crippen LogP contribution in [0, 0.1) is 0 Å². The van der Waals surface area contributed by atoms with Gasteiger partial charge < -0.3 is 5.73 Å². The second-order valence-electron chi connectivity index (χ2n) is 4.61. The van der Waals surface area contributed by atoms with Gasteiger partial charge in [0.25, 0.3) is 0 Å². The minimum absolute atomic E-state index is 0.101. The highest BCUT2D eigenvalue weighted by molar-refractivity contribution is 5.95. The highest BCUT2D eigenvalue weighted by atomic mass is 14.7. The Kier molecular flexibility index (Phi) is 6.81. The van der Waals surface area contributed by atoms with Crippen LogP contribution in [0.25, 0.3) is 16.3 Å². The van der Waals surface area contributed by atoms with Crippen molar-refractivity contribution < 1.29 is 0 Å². The molecule has 3 rings (SSSR count). The van der Waals surface area contributed by atoms with Crippen molar-refractivity contribution in [2.45, 2.75) is 33.7 Å². The average molecular weight is 293 g/mol. The molecule has 1 atom stereocenters. The van der Waals surface area contributed by atoms with E-state index < -0.39 is 0 Å². The molecule has 0 bridgehead atoms. The Balaban J connectivity index is 0.000000561. The highest BCUT2D eigenvalue weighted by Crippen LogP contribution is 2.43. The summed E-state index contributed by atoms with van der Waals surface area (Å²) in [4.78, 5) is 0. The molecule has 0 saturated heterocycles. The van der Waals surface area contributed by atoms with Gasteiger partial charge in [-0.15, -0.1) is 0 Å². The normalized spacial score (nSPS) is 17.2. The maximum absolute atomic E-state index is 6.23. The Labute approximate surface area is 134 Å². The lowest BCUT2D eigenvalue weighted by Crippen LogP contribution is -2.07. The molecule has 2 aromatic rings. The van der Waals surface area contributed by atoms with Crippen LogP contribution in [0.5, 0.6) is 0 Å². The van der Waals surface area contributed by atoms with E-state index in [2.05, 4.69) is 43.5 Å². The van der Waals surface area contributed by atoms with E-state index >= 15 is 0 Å². The van der Waals surface area contributed by atoms with Gasteiger partial charge in [-0.3, -0.25) is 0 Å². The minimum Gasteiger partial charge on any atom is -0.320 e. The van der Waals surface area contributed by atoms with E-state index in [0.717, 1.165) is 16.7 Å². The van der Waals surface area contributed by atoms with Gasteiger partial charge in [-0.25, -0.2) is 0 Å². The van der Waals surface area contributed by atoms with E-state index in [1.54, 1.807) is 6.08 Å². The Morgan fingerprint density at radius 3 is 2.09 bits per heavy atom. The quantitative estimate of drug-likeness (QED) is 0.682. The van der Waals surface area contributed by atoms with E-state index in [1.807, 2.05) is 39.8 Å². The number of allylic oxidation sites excluding steroid dienone is 2. The number of rotatable bonds is 1. The van der Waals surface area contributed by atoms with Crippen molar-refractivity contribution in [3.63, 3.8) is 0 Å². The van der Waals surface area contributed by atoms with Crippen molar-refractivity contribution >= 4 is 16.3 Å². The van der Waals surface area contributed by atoms with Crippen LogP contribution >= 0.6 is 0 Å². The van der Waals surface area contributed by atoms with Crippen LogP contribution in [0.3, 0.4) is 0 Å². The fraction of sp³-hybridized carbons (Fsp3) is 0.238. The van der Waals surface area contributed by atoms with Gasteiger partial charge in [-0.2, -0.15) is 0 Å². The van der Waals surface area contributed by atoms with Gasteiger partial charge in [0.1, 0.15) is 0 Å². The average Bonchev–Trinajstić information content (AvgIpc) is 2.82. The molecule has 0 radical (unpaired) electrons. The summed E-state index contributed by atoms with van der Waals surface area (Å²) in [5.41, 5.74) is 10.7. The predicted octanol–water partition coefficient (Wildman–Crippen LogP) is 6.03. The van der Waals surface area contributed by atoms with Gasteiger partial charge in [-0.05, 0) is 45.2 Å². The van der Waals surface area contributed by atoms with Gasteiger partial charge in [0.05, 0.1) is 6.04 Å². The van der Waals surface area contributed by atoms with Crippen LogP contribution < -0.4 is 5.73 Å². The third-order valence-corrected chi connectivity index (χ3v) is 3.55. The SMILES string of the molecule is C=C/C=C1\C(=C)C(N)c2cc3ccccc3cc21.CC.CC. The standard InChI is InChI=1S/C17H15N.2C2H6/c1-3-6-14-11(2)17(18)16-10-13-8-5-4-7-12(13)9-15(14)16;2*1-2/h3-10,17H,1-2,18H2;2*1-2H3/b14-6+;;. The summed E-state index contributed by atoms with van der Waals surface area (Å²) in [6, 6.07) is 12.6. The molecule has 2 N–H and O–H groups in total. The van der Waals surface area contributed by atoms with Gasteiger partial charge in [-0.1, -0.05) is 77.3 Å². The summed E-state index contributed by atoms with van der Waals surface area (Å²) < 4.78 is 0. The van der Waals surface area contributed by atoms with E-state index in [1.165, 1.54) is 16.3 Å². The summed E-state index contributed by atoms with van der Waals surface area (Å²) in [7, 11) is 0. The highest BCUT2D eigenvalue weighted by Gasteiger charge is 2.27. The molecule has 0 heterocycles. The zero-order chi connectivity index (χ0) is 16.7. The topological polar surface area (TPSA) is 26.0 Å². The first-order valence-electron chi connectivity index (χ1n) is 8.03. The van der Waals surface area contributed by atoms with Crippen molar-refractivity contribution in [1.29, 1.82) is 0 Å². The fourth-order valence-electron chi connectivity index (χ4n) is 2.59. The molecule has 0 saturated carbocycles. The van der Waals surface area contributed by atoms with Gasteiger partial charge >= 0.3 is 0 Å². The molecule has 1 aliphatic carbocycles. The van der Waals surface area contributed by atoms with Crippen LogP contribution in [0.15, 0.2) is 67.3 Å². The first-order valence-corrected chi connectivity index (χ1v) is 8.03. The van der Waals surface area contributed by atoms with E-state index in [-0.39, 0.29) is 6.04 Å². The summed E-state index contributed by atoms with van der Waals surface area (Å²) in [6.45, 7) is 15.9. The molecular formula is C21H27N. The van der Waals surface area contributed by atoms with E-state index in [9.17, 15) is 0 Å². The molecule has 116 valence electrons. The van der Waals surface area contributed by atoms with Crippen LogP contribution in [-0.2, 0) is 0 Å². The predicted molar refractivity (Wildman–Crippen MR) is 101 cm³/mol. The maximum atomic E-state index is 6.23. The first-order chi connectivity index (χ1) is 10.7. The van der Waals surface area contributed by atoms with Crippen LogP contribution in [-0.4, -0.2) is 0 Å². The van der Waals surface area contributed by atoms with E-state index in [0.29, 0.717) is 0 Å². The molecule has 0 spiro atoms. The molecule has 0 amide bonds. The lowest BCUT2D eigenvalue weighted by molar-refractivity contribution is 0.908. The van der Waals surface area contributed by atoms with Gasteiger partial charge in [0.2, 0.25) is 0 Å². The van der Waals surface area contributed by atoms with Crippen molar-refractivity contribution in [1.82, 2.24) is 0 Å². The van der Waals surface area contributed by atoms with Crippen molar-refractivity contribution in [2.75, 3.05) is 0 Å². The number of hydrogen-bond donors (Lipinski definition) is 1. The summed E-state index contributed by atoms with van der Waals surface area (Å²) >= 11 is 0. The molecule has 1 nitrogen and oxygen atoms in total. The molecule has 0 fully saturated rings. The zero-order valence-electron chi connectivity index (χ0n) is 14.2. The Hall–Kier alpha value is -2.12. The maximum Gasteiger partial charge on any atom is 0.0558 e. The Morgan fingerprint density at radius 1 is 1.00 bits per heavy atom. The zero-order valence-corrected chi connectivity index (χ0v) is 14.2. The number of nitrogens with two attached hydrogens (primary N) is 1. The molecule has 22 heavy (non-hydrogen) atoms. The van der Waals surface area contributed by atoms with Crippen molar-refractivity contribution in [2.24, 2.45) is 5.73 Å². The smallest absolute Gasteiger partial charge is 0.0558 e. The monoisotopic (exact) mass is 293 g/mol. The molecule has 0 aromatic heterocycles. The molecule has 1 heteroatoms.